The summed E-state index contributed by atoms with van der Waals surface area (Å²) in [6, 6.07) is 9.96. The van der Waals surface area contributed by atoms with Gasteiger partial charge in [0.2, 0.25) is 0 Å². The molecule has 0 saturated carbocycles. The van der Waals surface area contributed by atoms with Crippen molar-refractivity contribution >= 4 is 34.9 Å². The van der Waals surface area contributed by atoms with E-state index in [9.17, 15) is 4.79 Å². The number of benzene rings is 2. The van der Waals surface area contributed by atoms with Crippen LogP contribution in [0.1, 0.15) is 5.56 Å². The van der Waals surface area contributed by atoms with Crippen LogP contribution in [0.25, 0.3) is 0 Å². The fourth-order valence-corrected chi connectivity index (χ4v) is 2.22. The minimum atomic E-state index is -0.349. The first-order valence-electron chi connectivity index (χ1n) is 6.74. The van der Waals surface area contributed by atoms with Gasteiger partial charge in [0.05, 0.1) is 24.3 Å². The van der Waals surface area contributed by atoms with Gasteiger partial charge in [-0.25, -0.2) is 4.79 Å². The Kier molecular flexibility index (Phi) is 5.96. The minimum absolute atomic E-state index is 0.341. The van der Waals surface area contributed by atoms with Crippen molar-refractivity contribution in [3.05, 3.63) is 52.0 Å². The predicted molar refractivity (Wildman–Crippen MR) is 91.9 cm³/mol. The molecule has 0 unspecified atom stereocenters. The van der Waals surface area contributed by atoms with Crippen molar-refractivity contribution in [3.8, 4) is 11.5 Å². The lowest BCUT2D eigenvalue weighted by molar-refractivity contribution is 0.251. The fourth-order valence-electron chi connectivity index (χ4n) is 1.92. The van der Waals surface area contributed by atoms with Gasteiger partial charge in [0.15, 0.2) is 11.5 Å². The molecule has 0 fully saturated rings. The van der Waals surface area contributed by atoms with Crippen LogP contribution in [0.5, 0.6) is 11.5 Å². The highest BCUT2D eigenvalue weighted by molar-refractivity contribution is 6.42. The first-order chi connectivity index (χ1) is 11.0. The highest BCUT2D eigenvalue weighted by Crippen LogP contribution is 2.27. The van der Waals surface area contributed by atoms with E-state index >= 15 is 0 Å². The molecule has 0 aliphatic heterocycles. The molecule has 0 saturated heterocycles. The number of urea groups is 1. The summed E-state index contributed by atoms with van der Waals surface area (Å²) in [5, 5.41) is 6.24. The van der Waals surface area contributed by atoms with Gasteiger partial charge in [0.1, 0.15) is 0 Å². The van der Waals surface area contributed by atoms with Crippen LogP contribution in [0.2, 0.25) is 10.0 Å². The lowest BCUT2D eigenvalue weighted by Gasteiger charge is -2.11. The molecule has 0 aliphatic rings. The third-order valence-electron chi connectivity index (χ3n) is 3.08. The summed E-state index contributed by atoms with van der Waals surface area (Å²) >= 11 is 11.7. The number of carbonyl (C=O) groups excluding carboxylic acids is 1. The molecule has 2 aromatic rings. The number of ether oxygens (including phenoxy) is 2. The number of carbonyl (C=O) groups is 1. The third-order valence-corrected chi connectivity index (χ3v) is 3.82. The molecule has 0 atom stereocenters. The Morgan fingerprint density at radius 3 is 2.39 bits per heavy atom. The maximum Gasteiger partial charge on any atom is 0.319 e. The average Bonchev–Trinajstić information content (AvgIpc) is 2.56. The Balaban J connectivity index is 1.95. The average molecular weight is 355 g/mol. The lowest BCUT2D eigenvalue weighted by Crippen LogP contribution is -2.28. The van der Waals surface area contributed by atoms with E-state index in [-0.39, 0.29) is 6.03 Å². The zero-order valence-electron chi connectivity index (χ0n) is 12.7. The van der Waals surface area contributed by atoms with Gasteiger partial charge in [-0.05, 0) is 35.9 Å². The monoisotopic (exact) mass is 354 g/mol. The van der Waals surface area contributed by atoms with E-state index in [2.05, 4.69) is 10.6 Å². The summed E-state index contributed by atoms with van der Waals surface area (Å²) in [6.07, 6.45) is 0. The Bertz CT molecular complexity index is 708. The Morgan fingerprint density at radius 1 is 1.00 bits per heavy atom. The second-order valence-corrected chi connectivity index (χ2v) is 5.44. The van der Waals surface area contributed by atoms with Crippen LogP contribution in [-0.4, -0.2) is 20.3 Å². The van der Waals surface area contributed by atoms with E-state index in [0.717, 1.165) is 5.56 Å². The van der Waals surface area contributed by atoms with Crippen molar-refractivity contribution in [3.63, 3.8) is 0 Å². The number of hydrogen-bond donors (Lipinski definition) is 2. The van der Waals surface area contributed by atoms with Crippen molar-refractivity contribution in [2.75, 3.05) is 19.5 Å². The first kappa shape index (κ1) is 17.2. The molecular formula is C16H16Cl2N2O3. The van der Waals surface area contributed by atoms with Crippen LogP contribution >= 0.6 is 23.2 Å². The summed E-state index contributed by atoms with van der Waals surface area (Å²) in [5.41, 5.74) is 1.44. The molecule has 0 radical (unpaired) electrons. The lowest BCUT2D eigenvalue weighted by atomic mass is 10.2. The quantitative estimate of drug-likeness (QED) is 0.839. The Hall–Kier alpha value is -2.11. The fraction of sp³-hybridized carbons (Fsp3) is 0.188. The summed E-state index contributed by atoms with van der Waals surface area (Å²) in [6.45, 7) is 0.341. The van der Waals surface area contributed by atoms with Gasteiger partial charge in [-0.2, -0.15) is 0 Å². The van der Waals surface area contributed by atoms with Gasteiger partial charge in [0.25, 0.3) is 0 Å². The third kappa shape index (κ3) is 4.68. The van der Waals surface area contributed by atoms with E-state index in [1.807, 2.05) is 6.07 Å². The summed E-state index contributed by atoms with van der Waals surface area (Å²) in [4.78, 5) is 11.9. The number of hydrogen-bond acceptors (Lipinski definition) is 3. The second-order valence-electron chi connectivity index (χ2n) is 4.63. The van der Waals surface area contributed by atoms with Crippen LogP contribution in [-0.2, 0) is 6.54 Å². The molecule has 0 aliphatic carbocycles. The van der Waals surface area contributed by atoms with Crippen LogP contribution in [0.4, 0.5) is 10.5 Å². The predicted octanol–water partition coefficient (Wildman–Crippen LogP) is 4.33. The van der Waals surface area contributed by atoms with Gasteiger partial charge in [0, 0.05) is 12.2 Å². The van der Waals surface area contributed by atoms with Gasteiger partial charge in [-0.15, -0.1) is 0 Å². The van der Waals surface area contributed by atoms with Crippen LogP contribution < -0.4 is 20.1 Å². The largest absolute Gasteiger partial charge is 0.493 e. The zero-order chi connectivity index (χ0) is 16.8. The van der Waals surface area contributed by atoms with E-state index in [4.69, 9.17) is 32.7 Å². The van der Waals surface area contributed by atoms with Crippen LogP contribution in [0.15, 0.2) is 36.4 Å². The van der Waals surface area contributed by atoms with Crippen molar-refractivity contribution in [1.29, 1.82) is 0 Å². The molecule has 0 spiro atoms. The number of methoxy groups -OCH3 is 2. The van der Waals surface area contributed by atoms with E-state index < -0.39 is 0 Å². The number of rotatable bonds is 5. The van der Waals surface area contributed by atoms with E-state index in [0.29, 0.717) is 33.8 Å². The Morgan fingerprint density at radius 2 is 1.74 bits per heavy atom. The molecule has 2 rings (SSSR count). The molecule has 7 heteroatoms. The highest BCUT2D eigenvalue weighted by Gasteiger charge is 2.07. The Labute approximate surface area is 144 Å². The molecule has 0 bridgehead atoms. The van der Waals surface area contributed by atoms with E-state index in [1.54, 1.807) is 44.6 Å². The smallest absolute Gasteiger partial charge is 0.319 e. The van der Waals surface area contributed by atoms with Crippen molar-refractivity contribution < 1.29 is 14.3 Å². The maximum atomic E-state index is 11.9. The topological polar surface area (TPSA) is 59.6 Å². The molecule has 5 nitrogen and oxygen atoms in total. The number of amides is 2. The molecule has 122 valence electrons. The molecule has 2 N–H and O–H groups in total. The van der Waals surface area contributed by atoms with Gasteiger partial charge in [-0.1, -0.05) is 29.3 Å². The van der Waals surface area contributed by atoms with Crippen LogP contribution in [0.3, 0.4) is 0 Å². The SMILES string of the molecule is COc1ccc(CNC(=O)Nc2ccc(Cl)c(Cl)c2)cc1OC. The normalized spacial score (nSPS) is 10.1. The first-order valence-corrected chi connectivity index (χ1v) is 7.50. The van der Waals surface area contributed by atoms with Crippen LogP contribution in [0, 0.1) is 0 Å². The maximum absolute atomic E-state index is 11.9. The van der Waals surface area contributed by atoms with Crippen molar-refractivity contribution in [2.24, 2.45) is 0 Å². The van der Waals surface area contributed by atoms with Crippen molar-refractivity contribution in [2.45, 2.75) is 6.54 Å². The number of anilines is 1. The molecule has 0 heterocycles. The minimum Gasteiger partial charge on any atom is -0.493 e. The summed E-state index contributed by atoms with van der Waals surface area (Å²) in [5.74, 6) is 1.24. The summed E-state index contributed by atoms with van der Waals surface area (Å²) in [7, 11) is 3.13. The standard InChI is InChI=1S/C16H16Cl2N2O3/c1-22-14-6-3-10(7-15(14)23-2)9-19-16(21)20-11-4-5-12(17)13(18)8-11/h3-8H,9H2,1-2H3,(H2,19,20,21). The molecule has 2 aromatic carbocycles. The number of nitrogens with one attached hydrogen (secondary N) is 2. The van der Waals surface area contributed by atoms with Gasteiger partial charge >= 0.3 is 6.03 Å². The van der Waals surface area contributed by atoms with Gasteiger partial charge in [-0.3, -0.25) is 0 Å². The summed E-state index contributed by atoms with van der Waals surface area (Å²) < 4.78 is 10.4. The van der Waals surface area contributed by atoms with Crippen molar-refractivity contribution in [1.82, 2.24) is 5.32 Å². The molecule has 2 amide bonds. The number of halogens is 2. The molecular weight excluding hydrogens is 339 g/mol. The van der Waals surface area contributed by atoms with Gasteiger partial charge < -0.3 is 20.1 Å². The second kappa shape index (κ2) is 7.94. The van der Waals surface area contributed by atoms with E-state index in [1.165, 1.54) is 0 Å². The molecule has 0 aromatic heterocycles. The zero-order valence-corrected chi connectivity index (χ0v) is 14.2. The molecule has 23 heavy (non-hydrogen) atoms. The highest BCUT2D eigenvalue weighted by atomic mass is 35.5.